The Morgan fingerprint density at radius 2 is 1.81 bits per heavy atom. The van der Waals surface area contributed by atoms with Crippen LogP contribution in [0.1, 0.15) is 10.4 Å². The first-order valence-corrected chi connectivity index (χ1v) is 9.55. The molecule has 0 aliphatic carbocycles. The first kappa shape index (κ1) is 16.8. The fraction of sp³-hybridized carbons (Fsp3) is 0.0526. The van der Waals surface area contributed by atoms with Crippen LogP contribution in [0.15, 0.2) is 66.0 Å². The topological polar surface area (TPSA) is 55.7 Å². The Kier molecular flexibility index (Phi) is 4.73. The van der Waals surface area contributed by atoms with Crippen molar-refractivity contribution in [3.05, 3.63) is 72.3 Å². The number of benzene rings is 2. The lowest BCUT2D eigenvalue weighted by molar-refractivity contribution is 0.102. The van der Waals surface area contributed by atoms with E-state index < -0.39 is 0 Å². The Hall–Kier alpha value is -2.64. The van der Waals surface area contributed by atoms with Crippen molar-refractivity contribution in [1.82, 2.24) is 14.3 Å². The smallest absolute Gasteiger partial charge is 0.173 e. The lowest BCUT2D eigenvalue weighted by atomic mass is 10.1. The number of carbonyl (C=O) groups excluding carboxylic acids is 1. The second kappa shape index (κ2) is 7.31. The van der Waals surface area contributed by atoms with Gasteiger partial charge in [-0.05, 0) is 35.8 Å². The van der Waals surface area contributed by atoms with Crippen molar-refractivity contribution in [1.29, 1.82) is 0 Å². The molecule has 4 nitrogen and oxygen atoms in total. The summed E-state index contributed by atoms with van der Waals surface area (Å²) >= 11 is 2.66. The Bertz CT molecular complexity index is 1070. The Labute approximate surface area is 157 Å². The number of Topliss-reactive ketones (excluding diaryl/α,β-unsaturated/α-hetero) is 1. The molecular formula is C19H12FN3OS2. The van der Waals surface area contributed by atoms with Gasteiger partial charge in [-0.1, -0.05) is 42.1 Å². The Morgan fingerprint density at radius 1 is 1.04 bits per heavy atom. The standard InChI is InChI=1S/C19H12FN3OS2/c20-14-8-6-13(7-9-14)16-17-18(26-23-16)19(22-11-21-17)25-10-15(24)12-4-2-1-3-5-12/h1-9,11H,10H2. The maximum Gasteiger partial charge on any atom is 0.173 e. The Morgan fingerprint density at radius 3 is 2.58 bits per heavy atom. The van der Waals surface area contributed by atoms with Crippen LogP contribution in [-0.4, -0.2) is 25.9 Å². The van der Waals surface area contributed by atoms with E-state index in [2.05, 4.69) is 14.3 Å². The third-order valence-corrected chi connectivity index (χ3v) is 5.74. The van der Waals surface area contributed by atoms with Crippen LogP contribution >= 0.6 is 23.3 Å². The van der Waals surface area contributed by atoms with E-state index in [0.717, 1.165) is 15.3 Å². The maximum absolute atomic E-state index is 13.1. The molecule has 0 saturated heterocycles. The van der Waals surface area contributed by atoms with Crippen LogP contribution in [0.4, 0.5) is 4.39 Å². The second-order valence-corrected chi connectivity index (χ2v) is 7.21. The zero-order valence-electron chi connectivity index (χ0n) is 13.4. The van der Waals surface area contributed by atoms with Gasteiger partial charge in [0, 0.05) is 11.1 Å². The summed E-state index contributed by atoms with van der Waals surface area (Å²) in [7, 11) is 0. The van der Waals surface area contributed by atoms with Crippen molar-refractivity contribution in [2.75, 3.05) is 5.75 Å². The molecule has 0 fully saturated rings. The summed E-state index contributed by atoms with van der Waals surface area (Å²) in [6, 6.07) is 15.3. The molecule has 0 saturated carbocycles. The molecule has 0 aliphatic rings. The highest BCUT2D eigenvalue weighted by atomic mass is 32.2. The van der Waals surface area contributed by atoms with Crippen LogP contribution in [0, 0.1) is 5.82 Å². The third kappa shape index (κ3) is 3.36. The molecule has 2 heterocycles. The molecule has 0 unspecified atom stereocenters. The summed E-state index contributed by atoms with van der Waals surface area (Å²) in [4.78, 5) is 20.9. The SMILES string of the molecule is O=C(CSc1ncnc2c(-c3ccc(F)cc3)nsc12)c1ccccc1. The summed E-state index contributed by atoms with van der Waals surface area (Å²) in [5.41, 5.74) is 2.89. The number of ketones is 1. The van der Waals surface area contributed by atoms with Gasteiger partial charge in [-0.2, -0.15) is 4.37 Å². The molecule has 0 radical (unpaired) electrons. The summed E-state index contributed by atoms with van der Waals surface area (Å²) in [6.07, 6.45) is 1.47. The summed E-state index contributed by atoms with van der Waals surface area (Å²) in [6.45, 7) is 0. The number of thioether (sulfide) groups is 1. The van der Waals surface area contributed by atoms with Gasteiger partial charge in [-0.15, -0.1) is 0 Å². The Balaban J connectivity index is 1.61. The predicted octanol–water partition coefficient (Wildman–Crippen LogP) is 4.87. The van der Waals surface area contributed by atoms with Crippen LogP contribution in [0.5, 0.6) is 0 Å². The molecule has 0 bridgehead atoms. The van der Waals surface area contributed by atoms with Gasteiger partial charge in [0.1, 0.15) is 33.1 Å². The minimum atomic E-state index is -0.293. The highest BCUT2D eigenvalue weighted by Crippen LogP contribution is 2.34. The van der Waals surface area contributed by atoms with Crippen LogP contribution in [-0.2, 0) is 0 Å². The maximum atomic E-state index is 13.1. The number of hydrogen-bond acceptors (Lipinski definition) is 6. The van der Waals surface area contributed by atoms with Gasteiger partial charge in [0.05, 0.1) is 5.75 Å². The van der Waals surface area contributed by atoms with E-state index in [1.165, 1.54) is 41.8 Å². The molecule has 7 heteroatoms. The van der Waals surface area contributed by atoms with Gasteiger partial charge in [-0.3, -0.25) is 4.79 Å². The van der Waals surface area contributed by atoms with E-state index in [9.17, 15) is 9.18 Å². The third-order valence-electron chi connectivity index (χ3n) is 3.78. The van der Waals surface area contributed by atoms with Crippen molar-refractivity contribution in [3.8, 4) is 11.3 Å². The molecule has 2 aromatic carbocycles. The van der Waals surface area contributed by atoms with Crippen molar-refractivity contribution < 1.29 is 9.18 Å². The summed E-state index contributed by atoms with van der Waals surface area (Å²) in [5, 5.41) is 0.727. The first-order chi connectivity index (χ1) is 12.7. The lowest BCUT2D eigenvalue weighted by Gasteiger charge is -2.02. The quantitative estimate of drug-likeness (QED) is 0.280. The van der Waals surface area contributed by atoms with Crippen LogP contribution < -0.4 is 0 Å². The fourth-order valence-electron chi connectivity index (χ4n) is 2.48. The van der Waals surface area contributed by atoms with Gasteiger partial charge in [0.15, 0.2) is 5.78 Å². The minimum Gasteiger partial charge on any atom is -0.293 e. The molecule has 26 heavy (non-hydrogen) atoms. The van der Waals surface area contributed by atoms with Crippen LogP contribution in [0.2, 0.25) is 0 Å². The predicted molar refractivity (Wildman–Crippen MR) is 102 cm³/mol. The van der Waals surface area contributed by atoms with E-state index >= 15 is 0 Å². The molecule has 2 aromatic heterocycles. The number of halogens is 1. The normalized spacial score (nSPS) is 11.0. The van der Waals surface area contributed by atoms with Gasteiger partial charge in [0.2, 0.25) is 0 Å². The fourth-order valence-corrected chi connectivity index (χ4v) is 4.30. The number of hydrogen-bond donors (Lipinski definition) is 0. The number of carbonyl (C=O) groups is 1. The molecule has 0 spiro atoms. The largest absolute Gasteiger partial charge is 0.293 e. The van der Waals surface area contributed by atoms with Gasteiger partial charge < -0.3 is 0 Å². The molecule has 0 atom stereocenters. The number of fused-ring (bicyclic) bond motifs is 1. The van der Waals surface area contributed by atoms with E-state index in [1.807, 2.05) is 18.2 Å². The highest BCUT2D eigenvalue weighted by Gasteiger charge is 2.15. The number of aromatic nitrogens is 3. The second-order valence-electron chi connectivity index (χ2n) is 5.47. The van der Waals surface area contributed by atoms with E-state index in [4.69, 9.17) is 0 Å². The first-order valence-electron chi connectivity index (χ1n) is 7.80. The minimum absolute atomic E-state index is 0.0469. The van der Waals surface area contributed by atoms with Gasteiger partial charge in [-0.25, -0.2) is 14.4 Å². The van der Waals surface area contributed by atoms with Crippen molar-refractivity contribution in [2.24, 2.45) is 0 Å². The molecule has 0 aliphatic heterocycles. The zero-order chi connectivity index (χ0) is 17.9. The zero-order valence-corrected chi connectivity index (χ0v) is 15.1. The average molecular weight is 381 g/mol. The molecule has 0 N–H and O–H groups in total. The molecule has 4 aromatic rings. The van der Waals surface area contributed by atoms with E-state index in [0.29, 0.717) is 22.5 Å². The van der Waals surface area contributed by atoms with Gasteiger partial charge in [0.25, 0.3) is 0 Å². The van der Waals surface area contributed by atoms with E-state index in [-0.39, 0.29) is 11.6 Å². The van der Waals surface area contributed by atoms with Crippen LogP contribution in [0.3, 0.4) is 0 Å². The van der Waals surface area contributed by atoms with Crippen molar-refractivity contribution >= 4 is 39.3 Å². The van der Waals surface area contributed by atoms with Crippen LogP contribution in [0.25, 0.3) is 21.5 Å². The van der Waals surface area contributed by atoms with E-state index in [1.54, 1.807) is 24.3 Å². The average Bonchev–Trinajstić information content (AvgIpc) is 3.12. The number of rotatable bonds is 5. The summed E-state index contributed by atoms with van der Waals surface area (Å²) < 4.78 is 18.4. The van der Waals surface area contributed by atoms with Crippen molar-refractivity contribution in [3.63, 3.8) is 0 Å². The highest BCUT2D eigenvalue weighted by molar-refractivity contribution is 8.00. The van der Waals surface area contributed by atoms with Gasteiger partial charge >= 0.3 is 0 Å². The van der Waals surface area contributed by atoms with Crippen molar-refractivity contribution in [2.45, 2.75) is 5.03 Å². The molecule has 128 valence electrons. The molecular weight excluding hydrogens is 369 g/mol. The molecule has 0 amide bonds. The molecule has 4 rings (SSSR count). The number of nitrogens with zero attached hydrogens (tertiary/aromatic N) is 3. The monoisotopic (exact) mass is 381 g/mol. The lowest BCUT2D eigenvalue weighted by Crippen LogP contribution is -2.02. The summed E-state index contributed by atoms with van der Waals surface area (Å²) in [5.74, 6) is 0.0455.